The molecule has 1 rings (SSSR count). The number of carbonyl (C=O) groups excluding carboxylic acids is 2. The predicted molar refractivity (Wildman–Crippen MR) is 81.4 cm³/mol. The third-order valence-corrected chi connectivity index (χ3v) is 4.39. The molecule has 20 heavy (non-hydrogen) atoms. The van der Waals surface area contributed by atoms with Crippen molar-refractivity contribution >= 4 is 11.8 Å². The molecule has 0 saturated carbocycles. The van der Waals surface area contributed by atoms with E-state index in [4.69, 9.17) is 0 Å². The van der Waals surface area contributed by atoms with Crippen molar-refractivity contribution in [3.05, 3.63) is 0 Å². The lowest BCUT2D eigenvalue weighted by atomic mass is 9.94. The first-order chi connectivity index (χ1) is 9.48. The van der Waals surface area contributed by atoms with Gasteiger partial charge in [0.15, 0.2) is 0 Å². The Kier molecular flexibility index (Phi) is 6.50. The van der Waals surface area contributed by atoms with Crippen LogP contribution in [0.1, 0.15) is 72.6 Å². The maximum Gasteiger partial charge on any atom is 0.248 e. The highest BCUT2D eigenvalue weighted by molar-refractivity contribution is 5.93. The van der Waals surface area contributed by atoms with Crippen molar-refractivity contribution in [2.45, 2.75) is 84.2 Å². The molecule has 4 heteroatoms. The molecular formula is C16H30N2O2. The van der Waals surface area contributed by atoms with Gasteiger partial charge in [0.1, 0.15) is 5.54 Å². The van der Waals surface area contributed by atoms with E-state index in [1.807, 2.05) is 18.7 Å². The highest BCUT2D eigenvalue weighted by atomic mass is 16.2. The number of amides is 2. The van der Waals surface area contributed by atoms with Crippen LogP contribution < -0.4 is 5.32 Å². The smallest absolute Gasteiger partial charge is 0.248 e. The standard InChI is InChI=1S/C16H30N2O2/c1-5-8-10-13(9-6-2)18-12-11-14(19)17-16(4,7-3)15(18)20/h13H,5-12H2,1-4H3,(H,17,19). The lowest BCUT2D eigenvalue weighted by Crippen LogP contribution is -2.56. The fourth-order valence-electron chi connectivity index (χ4n) is 2.88. The van der Waals surface area contributed by atoms with E-state index in [1.165, 1.54) is 0 Å². The molecule has 2 unspecified atom stereocenters. The van der Waals surface area contributed by atoms with Crippen LogP contribution in [0.5, 0.6) is 0 Å². The molecule has 0 aromatic rings. The monoisotopic (exact) mass is 282 g/mol. The van der Waals surface area contributed by atoms with Gasteiger partial charge >= 0.3 is 0 Å². The molecule has 116 valence electrons. The van der Waals surface area contributed by atoms with Crippen LogP contribution in [0.3, 0.4) is 0 Å². The molecule has 2 amide bonds. The first-order valence-corrected chi connectivity index (χ1v) is 8.10. The maximum atomic E-state index is 12.8. The van der Waals surface area contributed by atoms with Crippen LogP contribution in [-0.4, -0.2) is 34.8 Å². The zero-order valence-corrected chi connectivity index (χ0v) is 13.5. The Bertz CT molecular complexity index is 343. The molecule has 0 aromatic carbocycles. The van der Waals surface area contributed by atoms with Crippen molar-refractivity contribution in [2.24, 2.45) is 0 Å². The zero-order chi connectivity index (χ0) is 15.2. The van der Waals surface area contributed by atoms with Gasteiger partial charge < -0.3 is 10.2 Å². The molecule has 1 aliphatic rings. The normalized spacial score (nSPS) is 25.3. The molecule has 2 atom stereocenters. The first kappa shape index (κ1) is 17.0. The fourth-order valence-corrected chi connectivity index (χ4v) is 2.88. The molecule has 1 N–H and O–H groups in total. The Morgan fingerprint density at radius 2 is 1.90 bits per heavy atom. The van der Waals surface area contributed by atoms with E-state index >= 15 is 0 Å². The molecular weight excluding hydrogens is 252 g/mol. The minimum atomic E-state index is -0.730. The van der Waals surface area contributed by atoms with Crippen molar-refractivity contribution in [1.29, 1.82) is 0 Å². The van der Waals surface area contributed by atoms with Crippen molar-refractivity contribution in [3.63, 3.8) is 0 Å². The summed E-state index contributed by atoms with van der Waals surface area (Å²) in [5.41, 5.74) is -0.730. The van der Waals surface area contributed by atoms with Gasteiger partial charge in [-0.3, -0.25) is 9.59 Å². The average molecular weight is 282 g/mol. The third kappa shape index (κ3) is 3.97. The summed E-state index contributed by atoms with van der Waals surface area (Å²) in [6.07, 6.45) is 6.49. The van der Waals surface area contributed by atoms with E-state index in [-0.39, 0.29) is 17.9 Å². The van der Waals surface area contributed by atoms with Crippen LogP contribution in [0.4, 0.5) is 0 Å². The van der Waals surface area contributed by atoms with Crippen LogP contribution in [0.2, 0.25) is 0 Å². The molecule has 0 aromatic heterocycles. The number of carbonyl (C=O) groups is 2. The van der Waals surface area contributed by atoms with Gasteiger partial charge in [0.2, 0.25) is 11.8 Å². The Labute approximate surface area is 123 Å². The Morgan fingerprint density at radius 3 is 2.45 bits per heavy atom. The van der Waals surface area contributed by atoms with Crippen LogP contribution >= 0.6 is 0 Å². The highest BCUT2D eigenvalue weighted by Gasteiger charge is 2.40. The number of nitrogens with zero attached hydrogens (tertiary/aromatic N) is 1. The quantitative estimate of drug-likeness (QED) is 0.780. The van der Waals surface area contributed by atoms with Crippen molar-refractivity contribution in [2.75, 3.05) is 6.54 Å². The molecule has 1 fully saturated rings. The first-order valence-electron chi connectivity index (χ1n) is 8.10. The minimum Gasteiger partial charge on any atom is -0.342 e. The van der Waals surface area contributed by atoms with E-state index in [1.54, 1.807) is 0 Å². The highest BCUT2D eigenvalue weighted by Crippen LogP contribution is 2.23. The van der Waals surface area contributed by atoms with Gasteiger partial charge in [0, 0.05) is 19.0 Å². The van der Waals surface area contributed by atoms with E-state index < -0.39 is 5.54 Å². The maximum absolute atomic E-state index is 12.8. The van der Waals surface area contributed by atoms with Gasteiger partial charge in [-0.05, 0) is 26.2 Å². The molecule has 1 heterocycles. The molecule has 0 bridgehead atoms. The zero-order valence-electron chi connectivity index (χ0n) is 13.5. The van der Waals surface area contributed by atoms with Gasteiger partial charge in [-0.25, -0.2) is 0 Å². The average Bonchev–Trinajstić information content (AvgIpc) is 2.54. The van der Waals surface area contributed by atoms with Crippen molar-refractivity contribution in [3.8, 4) is 0 Å². The van der Waals surface area contributed by atoms with Crippen molar-refractivity contribution < 1.29 is 9.59 Å². The third-order valence-electron chi connectivity index (χ3n) is 4.39. The Morgan fingerprint density at radius 1 is 1.20 bits per heavy atom. The summed E-state index contributed by atoms with van der Waals surface area (Å²) in [5, 5.41) is 2.91. The fraction of sp³-hybridized carbons (Fsp3) is 0.875. The lowest BCUT2D eigenvalue weighted by molar-refractivity contribution is -0.140. The number of nitrogens with one attached hydrogen (secondary N) is 1. The number of hydrogen-bond acceptors (Lipinski definition) is 2. The van der Waals surface area contributed by atoms with Crippen molar-refractivity contribution in [1.82, 2.24) is 10.2 Å². The molecule has 4 nitrogen and oxygen atoms in total. The summed E-state index contributed by atoms with van der Waals surface area (Å²) >= 11 is 0. The Hall–Kier alpha value is -1.06. The molecule has 0 spiro atoms. The van der Waals surface area contributed by atoms with Gasteiger partial charge in [-0.15, -0.1) is 0 Å². The summed E-state index contributed by atoms with van der Waals surface area (Å²) in [7, 11) is 0. The van der Waals surface area contributed by atoms with Crippen LogP contribution in [-0.2, 0) is 9.59 Å². The molecule has 1 aliphatic heterocycles. The largest absolute Gasteiger partial charge is 0.342 e. The van der Waals surface area contributed by atoms with Gasteiger partial charge in [-0.2, -0.15) is 0 Å². The minimum absolute atomic E-state index is 0.00376. The summed E-state index contributed by atoms with van der Waals surface area (Å²) in [4.78, 5) is 26.7. The second-order valence-corrected chi connectivity index (χ2v) is 6.07. The van der Waals surface area contributed by atoms with Crippen LogP contribution in [0, 0.1) is 0 Å². The van der Waals surface area contributed by atoms with Gasteiger partial charge in [0.25, 0.3) is 0 Å². The number of rotatable bonds is 7. The van der Waals surface area contributed by atoms with E-state index in [0.717, 1.165) is 32.1 Å². The molecule has 0 aliphatic carbocycles. The summed E-state index contributed by atoms with van der Waals surface area (Å²) in [6.45, 7) is 8.71. The summed E-state index contributed by atoms with van der Waals surface area (Å²) < 4.78 is 0. The van der Waals surface area contributed by atoms with Gasteiger partial charge in [0.05, 0.1) is 0 Å². The van der Waals surface area contributed by atoms with Gasteiger partial charge in [-0.1, -0.05) is 40.0 Å². The Balaban J connectivity index is 2.93. The second-order valence-electron chi connectivity index (χ2n) is 6.07. The lowest BCUT2D eigenvalue weighted by Gasteiger charge is -2.36. The predicted octanol–water partition coefficient (Wildman–Crippen LogP) is 2.86. The number of unbranched alkanes of at least 4 members (excludes halogenated alkanes) is 1. The molecule has 0 radical (unpaired) electrons. The topological polar surface area (TPSA) is 49.4 Å². The van der Waals surface area contributed by atoms with E-state index in [0.29, 0.717) is 19.4 Å². The number of hydrogen-bond donors (Lipinski definition) is 1. The summed E-state index contributed by atoms with van der Waals surface area (Å²) in [5.74, 6) is 0.0938. The SMILES string of the molecule is CCCCC(CCC)N1CCC(=O)NC(C)(CC)C1=O. The van der Waals surface area contributed by atoms with Crippen LogP contribution in [0.15, 0.2) is 0 Å². The second kappa shape index (κ2) is 7.65. The van der Waals surface area contributed by atoms with E-state index in [2.05, 4.69) is 19.2 Å². The summed E-state index contributed by atoms with van der Waals surface area (Å²) in [6, 6.07) is 0.283. The van der Waals surface area contributed by atoms with E-state index in [9.17, 15) is 9.59 Å². The molecule has 1 saturated heterocycles. The van der Waals surface area contributed by atoms with Crippen LogP contribution in [0.25, 0.3) is 0 Å².